The first-order valence-corrected chi connectivity index (χ1v) is 8.23. The summed E-state index contributed by atoms with van der Waals surface area (Å²) in [5, 5.41) is 7.91. The van der Waals surface area contributed by atoms with Gasteiger partial charge < -0.3 is 5.32 Å². The SMILES string of the molecule is Cc1nc(-c2ccc(F)cc2)sc1C(=O)Nc1c(C)nn(C)c1C. The number of carbonyl (C=O) groups excluding carboxylic acids is 1. The van der Waals surface area contributed by atoms with Gasteiger partial charge in [0, 0.05) is 12.6 Å². The average molecular weight is 344 g/mol. The van der Waals surface area contributed by atoms with E-state index in [2.05, 4.69) is 15.4 Å². The molecule has 0 aliphatic rings. The second-order valence-electron chi connectivity index (χ2n) is 5.56. The van der Waals surface area contributed by atoms with E-state index in [1.54, 1.807) is 23.7 Å². The summed E-state index contributed by atoms with van der Waals surface area (Å²) in [6.07, 6.45) is 0. The Balaban J connectivity index is 1.89. The van der Waals surface area contributed by atoms with Crippen molar-refractivity contribution in [3.63, 3.8) is 0 Å². The van der Waals surface area contributed by atoms with Gasteiger partial charge in [0.25, 0.3) is 5.91 Å². The number of hydrogen-bond acceptors (Lipinski definition) is 4. The van der Waals surface area contributed by atoms with E-state index in [0.717, 1.165) is 22.6 Å². The maximum Gasteiger partial charge on any atom is 0.267 e. The number of benzene rings is 1. The lowest BCUT2D eigenvalue weighted by Crippen LogP contribution is -2.12. The molecule has 0 aliphatic carbocycles. The third-order valence-corrected chi connectivity index (χ3v) is 5.05. The molecule has 5 nitrogen and oxygen atoms in total. The molecule has 1 amide bonds. The molecule has 0 bridgehead atoms. The summed E-state index contributed by atoms with van der Waals surface area (Å²) >= 11 is 1.29. The van der Waals surface area contributed by atoms with Crippen molar-refractivity contribution in [3.8, 4) is 10.6 Å². The number of nitrogens with one attached hydrogen (secondary N) is 1. The lowest BCUT2D eigenvalue weighted by Gasteiger charge is -2.04. The predicted octanol–water partition coefficient (Wildman–Crippen LogP) is 3.86. The van der Waals surface area contributed by atoms with Crippen LogP contribution < -0.4 is 5.32 Å². The monoisotopic (exact) mass is 344 g/mol. The zero-order valence-corrected chi connectivity index (χ0v) is 14.7. The van der Waals surface area contributed by atoms with Gasteiger partial charge in [-0.1, -0.05) is 0 Å². The Hall–Kier alpha value is -2.54. The lowest BCUT2D eigenvalue weighted by atomic mass is 10.2. The van der Waals surface area contributed by atoms with Crippen LogP contribution in [0.3, 0.4) is 0 Å². The minimum absolute atomic E-state index is 0.211. The van der Waals surface area contributed by atoms with Gasteiger partial charge in [0.05, 0.1) is 22.8 Å². The zero-order chi connectivity index (χ0) is 17.4. The first-order chi connectivity index (χ1) is 11.4. The van der Waals surface area contributed by atoms with Crippen LogP contribution in [0.1, 0.15) is 26.8 Å². The first kappa shape index (κ1) is 16.3. The molecule has 0 spiro atoms. The Morgan fingerprint density at radius 1 is 1.17 bits per heavy atom. The number of amides is 1. The molecule has 0 radical (unpaired) electrons. The molecule has 24 heavy (non-hydrogen) atoms. The summed E-state index contributed by atoms with van der Waals surface area (Å²) in [5.41, 5.74) is 3.82. The van der Waals surface area contributed by atoms with Crippen LogP contribution in [0, 0.1) is 26.6 Å². The molecule has 1 aromatic carbocycles. The van der Waals surface area contributed by atoms with Gasteiger partial charge in [-0.25, -0.2) is 9.37 Å². The number of aryl methyl sites for hydroxylation is 3. The molecule has 2 aromatic heterocycles. The molecule has 0 fully saturated rings. The Kier molecular flexibility index (Phi) is 4.19. The van der Waals surface area contributed by atoms with E-state index in [0.29, 0.717) is 15.6 Å². The van der Waals surface area contributed by atoms with Crippen LogP contribution in [-0.4, -0.2) is 20.7 Å². The molecule has 0 atom stereocenters. The molecule has 0 unspecified atom stereocenters. The molecule has 124 valence electrons. The number of anilines is 1. The highest BCUT2D eigenvalue weighted by Crippen LogP contribution is 2.29. The normalized spacial score (nSPS) is 10.9. The van der Waals surface area contributed by atoms with Crippen molar-refractivity contribution in [2.45, 2.75) is 20.8 Å². The van der Waals surface area contributed by atoms with Crippen molar-refractivity contribution in [2.75, 3.05) is 5.32 Å². The van der Waals surface area contributed by atoms with Crippen molar-refractivity contribution in [2.24, 2.45) is 7.05 Å². The zero-order valence-electron chi connectivity index (χ0n) is 13.8. The fourth-order valence-electron chi connectivity index (χ4n) is 2.45. The highest BCUT2D eigenvalue weighted by Gasteiger charge is 2.19. The van der Waals surface area contributed by atoms with Crippen LogP contribution in [-0.2, 0) is 7.05 Å². The van der Waals surface area contributed by atoms with Crippen molar-refractivity contribution in [1.29, 1.82) is 0 Å². The molecule has 0 aliphatic heterocycles. The number of thiazole rings is 1. The van der Waals surface area contributed by atoms with Gasteiger partial charge >= 0.3 is 0 Å². The molecule has 7 heteroatoms. The first-order valence-electron chi connectivity index (χ1n) is 7.41. The molecule has 3 aromatic rings. The van der Waals surface area contributed by atoms with E-state index in [1.165, 1.54) is 23.5 Å². The molecular formula is C17H17FN4OS. The number of aromatic nitrogens is 3. The lowest BCUT2D eigenvalue weighted by molar-refractivity contribution is 0.102. The van der Waals surface area contributed by atoms with Crippen molar-refractivity contribution in [1.82, 2.24) is 14.8 Å². The minimum Gasteiger partial charge on any atom is -0.318 e. The minimum atomic E-state index is -0.299. The summed E-state index contributed by atoms with van der Waals surface area (Å²) in [5.74, 6) is -0.509. The van der Waals surface area contributed by atoms with Crippen molar-refractivity contribution >= 4 is 22.9 Å². The van der Waals surface area contributed by atoms with Gasteiger partial charge in [-0.15, -0.1) is 11.3 Å². The summed E-state index contributed by atoms with van der Waals surface area (Å²) in [4.78, 5) is 17.6. The number of nitrogens with zero attached hydrogens (tertiary/aromatic N) is 3. The predicted molar refractivity (Wildman–Crippen MR) is 92.9 cm³/mol. The fraction of sp³-hybridized carbons (Fsp3) is 0.235. The fourth-order valence-corrected chi connectivity index (χ4v) is 3.41. The Bertz CT molecular complexity index is 912. The maximum absolute atomic E-state index is 13.0. The van der Waals surface area contributed by atoms with E-state index in [1.807, 2.05) is 20.9 Å². The summed E-state index contributed by atoms with van der Waals surface area (Å²) < 4.78 is 14.8. The van der Waals surface area contributed by atoms with Gasteiger partial charge in [0.2, 0.25) is 0 Å². The average Bonchev–Trinajstić information content (AvgIpc) is 3.03. The van der Waals surface area contributed by atoms with Crippen LogP contribution in [0.5, 0.6) is 0 Å². The third-order valence-electron chi connectivity index (χ3n) is 3.84. The van der Waals surface area contributed by atoms with Crippen molar-refractivity contribution < 1.29 is 9.18 Å². The highest BCUT2D eigenvalue weighted by molar-refractivity contribution is 7.17. The van der Waals surface area contributed by atoms with Crippen LogP contribution in [0.15, 0.2) is 24.3 Å². The standard InChI is InChI=1S/C17H17FN4OS/c1-9-14(11(3)22(4)21-9)20-16(23)15-10(2)19-17(24-15)12-5-7-13(18)8-6-12/h5-8H,1-4H3,(H,20,23). The maximum atomic E-state index is 13.0. The van der Waals surface area contributed by atoms with E-state index in [9.17, 15) is 9.18 Å². The summed E-state index contributed by atoms with van der Waals surface area (Å²) in [6.45, 7) is 5.55. The van der Waals surface area contributed by atoms with Crippen LogP contribution in [0.25, 0.3) is 10.6 Å². The Morgan fingerprint density at radius 2 is 1.83 bits per heavy atom. The number of carbonyl (C=O) groups is 1. The summed E-state index contributed by atoms with van der Waals surface area (Å²) in [7, 11) is 1.84. The van der Waals surface area contributed by atoms with Crippen LogP contribution >= 0.6 is 11.3 Å². The summed E-state index contributed by atoms with van der Waals surface area (Å²) in [6, 6.07) is 6.08. The van der Waals surface area contributed by atoms with E-state index >= 15 is 0 Å². The molecule has 1 N–H and O–H groups in total. The second kappa shape index (κ2) is 6.16. The van der Waals surface area contributed by atoms with Gasteiger partial charge in [0.15, 0.2) is 0 Å². The molecular weight excluding hydrogens is 327 g/mol. The highest BCUT2D eigenvalue weighted by atomic mass is 32.1. The third kappa shape index (κ3) is 2.94. The molecule has 3 rings (SSSR count). The van der Waals surface area contributed by atoms with E-state index in [-0.39, 0.29) is 11.7 Å². The van der Waals surface area contributed by atoms with E-state index < -0.39 is 0 Å². The topological polar surface area (TPSA) is 59.8 Å². The van der Waals surface area contributed by atoms with Crippen molar-refractivity contribution in [3.05, 3.63) is 52.0 Å². The van der Waals surface area contributed by atoms with Gasteiger partial charge in [-0.05, 0) is 45.0 Å². The Labute approximate surface area is 143 Å². The molecule has 0 saturated carbocycles. The van der Waals surface area contributed by atoms with Gasteiger partial charge in [-0.3, -0.25) is 9.48 Å². The quantitative estimate of drug-likeness (QED) is 0.785. The Morgan fingerprint density at radius 3 is 2.42 bits per heavy atom. The smallest absolute Gasteiger partial charge is 0.267 e. The van der Waals surface area contributed by atoms with Crippen LogP contribution in [0.4, 0.5) is 10.1 Å². The largest absolute Gasteiger partial charge is 0.318 e. The van der Waals surface area contributed by atoms with E-state index in [4.69, 9.17) is 0 Å². The van der Waals surface area contributed by atoms with Gasteiger partial charge in [-0.2, -0.15) is 5.10 Å². The molecule has 0 saturated heterocycles. The second-order valence-corrected chi connectivity index (χ2v) is 6.56. The number of rotatable bonds is 3. The van der Waals surface area contributed by atoms with Gasteiger partial charge in [0.1, 0.15) is 15.7 Å². The molecule has 2 heterocycles. The number of hydrogen-bond donors (Lipinski definition) is 1. The van der Waals surface area contributed by atoms with Crippen LogP contribution in [0.2, 0.25) is 0 Å². The number of halogens is 1.